The summed E-state index contributed by atoms with van der Waals surface area (Å²) in [6, 6.07) is 44.1. The topological polar surface area (TPSA) is 9.72 Å². The molecule has 0 saturated carbocycles. The Balaban J connectivity index is 1.47. The van der Waals surface area contributed by atoms with Crippen LogP contribution in [0.15, 0.2) is 109 Å². The fraction of sp³-hybridized carbons (Fsp3) is 0.400. The van der Waals surface area contributed by atoms with E-state index in [1.54, 1.807) is 10.5 Å². The van der Waals surface area contributed by atoms with Crippen LogP contribution >= 0.6 is 0 Å². The van der Waals surface area contributed by atoms with Gasteiger partial charge in [0.25, 0.3) is 0 Å². The van der Waals surface area contributed by atoms with E-state index in [1.165, 1.54) is 84.6 Å². The molecule has 3 aliphatic rings. The molecule has 0 radical (unpaired) electrons. The van der Waals surface area contributed by atoms with Gasteiger partial charge < -0.3 is 0 Å². The SMILES string of the molecule is CC(C)(C)c1ccc(N2c3cc(C(C)(C)C)cc4[c]3[Sb]3[c]5c2cc(C(C)(C)C)cc5N(c2ccc(C(C)(C)C)cc2)c2cc(C(C)(C)C)cc([c]23)N4c2ccc(C(C)(C)C)cc2)cc1. The number of hydrogen-bond donors (Lipinski definition) is 0. The molecule has 0 atom stereocenters. The van der Waals surface area contributed by atoms with E-state index >= 15 is 0 Å². The van der Waals surface area contributed by atoms with E-state index < -0.39 is 20.2 Å². The first-order chi connectivity index (χ1) is 29.5. The maximum atomic E-state index is 2.68. The normalized spacial score (nSPS) is 15.2. The molecule has 0 amide bonds. The summed E-state index contributed by atoms with van der Waals surface area (Å²) in [6.45, 7) is 42.3. The first-order valence-electron chi connectivity index (χ1n) is 23.6. The average Bonchev–Trinajstić information content (AvgIpc) is 3.18. The summed E-state index contributed by atoms with van der Waals surface area (Å²) in [5, 5.41) is 0. The number of rotatable bonds is 3. The predicted molar refractivity (Wildman–Crippen MR) is 281 cm³/mol. The molecule has 3 heterocycles. The molecule has 0 N–H and O–H groups in total. The minimum atomic E-state index is -2.87. The Labute approximate surface area is 393 Å². The van der Waals surface area contributed by atoms with Crippen molar-refractivity contribution in [3.05, 3.63) is 143 Å². The Morgan fingerprint density at radius 3 is 0.578 bits per heavy atom. The number of nitrogens with zero attached hydrogens (tertiary/aromatic N) is 3. The van der Waals surface area contributed by atoms with Gasteiger partial charge in [-0.2, -0.15) is 0 Å². The average molecular weight is 957 g/mol. The Hall–Kier alpha value is -4.46. The molecule has 0 aliphatic carbocycles. The van der Waals surface area contributed by atoms with Crippen LogP contribution in [0.5, 0.6) is 0 Å². The summed E-state index contributed by atoms with van der Waals surface area (Å²) < 4.78 is 4.69. The molecule has 0 fully saturated rings. The first kappa shape index (κ1) is 44.7. The zero-order chi connectivity index (χ0) is 46.4. The molecule has 332 valence electrons. The van der Waals surface area contributed by atoms with Crippen LogP contribution in [0.4, 0.5) is 51.2 Å². The van der Waals surface area contributed by atoms with Crippen molar-refractivity contribution in [2.45, 2.75) is 157 Å². The summed E-state index contributed by atoms with van der Waals surface area (Å²) in [4.78, 5) is 8.03. The summed E-state index contributed by atoms with van der Waals surface area (Å²) >= 11 is -2.87. The zero-order valence-corrected chi connectivity index (χ0v) is 44.7. The van der Waals surface area contributed by atoms with Crippen molar-refractivity contribution in [2.24, 2.45) is 0 Å². The Morgan fingerprint density at radius 2 is 0.422 bits per heavy atom. The monoisotopic (exact) mass is 955 g/mol. The molecule has 0 unspecified atom stereocenters. The molecule has 6 aromatic carbocycles. The Morgan fingerprint density at radius 1 is 0.250 bits per heavy atom. The van der Waals surface area contributed by atoms with Crippen LogP contribution in [0.1, 0.15) is 158 Å². The van der Waals surface area contributed by atoms with E-state index in [9.17, 15) is 0 Å². The van der Waals surface area contributed by atoms with E-state index in [0.29, 0.717) is 0 Å². The van der Waals surface area contributed by atoms with Crippen molar-refractivity contribution in [1.29, 1.82) is 0 Å². The molecule has 3 aliphatic heterocycles. The van der Waals surface area contributed by atoms with Crippen molar-refractivity contribution in [1.82, 2.24) is 0 Å². The number of hydrogen-bond acceptors (Lipinski definition) is 3. The Bertz CT molecular complexity index is 2420. The molecule has 4 heteroatoms. The fourth-order valence-electron chi connectivity index (χ4n) is 9.71. The van der Waals surface area contributed by atoms with Gasteiger partial charge in [0.2, 0.25) is 0 Å². The second-order valence-corrected chi connectivity index (χ2v) is 30.8. The van der Waals surface area contributed by atoms with Gasteiger partial charge in [-0.05, 0) is 0 Å². The summed E-state index contributed by atoms with van der Waals surface area (Å²) in [6.07, 6.45) is 0. The van der Waals surface area contributed by atoms with E-state index in [4.69, 9.17) is 0 Å². The summed E-state index contributed by atoms with van der Waals surface area (Å²) in [5.41, 5.74) is 19.8. The van der Waals surface area contributed by atoms with Gasteiger partial charge in [0.1, 0.15) is 0 Å². The van der Waals surface area contributed by atoms with Crippen LogP contribution < -0.4 is 25.2 Å². The molecule has 0 aromatic heterocycles. The zero-order valence-electron chi connectivity index (χ0n) is 42.2. The second-order valence-electron chi connectivity index (χ2n) is 25.1. The van der Waals surface area contributed by atoms with Crippen LogP contribution in [0.25, 0.3) is 0 Å². The summed E-state index contributed by atoms with van der Waals surface area (Å²) in [5.74, 6) is 0. The molecule has 64 heavy (non-hydrogen) atoms. The first-order valence-corrected chi connectivity index (χ1v) is 27.4. The molecule has 0 spiro atoms. The van der Waals surface area contributed by atoms with Crippen LogP contribution in [0, 0.1) is 0 Å². The van der Waals surface area contributed by atoms with Crippen molar-refractivity contribution in [3.8, 4) is 0 Å². The second kappa shape index (κ2) is 14.5. The van der Waals surface area contributed by atoms with Crippen molar-refractivity contribution < 1.29 is 0 Å². The van der Waals surface area contributed by atoms with Gasteiger partial charge in [-0.3, -0.25) is 0 Å². The van der Waals surface area contributed by atoms with Crippen LogP contribution in [-0.2, 0) is 32.5 Å². The van der Waals surface area contributed by atoms with Gasteiger partial charge in [0, 0.05) is 0 Å². The van der Waals surface area contributed by atoms with Crippen molar-refractivity contribution >= 4 is 81.9 Å². The number of anilines is 9. The van der Waals surface area contributed by atoms with Crippen LogP contribution in [0.3, 0.4) is 0 Å². The predicted octanol–water partition coefficient (Wildman–Crippen LogP) is 15.3. The number of benzene rings is 6. The molecular formula is C60H72N3Sb. The molecule has 9 rings (SSSR count). The summed E-state index contributed by atoms with van der Waals surface area (Å²) in [7, 11) is 0. The third kappa shape index (κ3) is 7.41. The van der Waals surface area contributed by atoms with Crippen LogP contribution in [-0.4, -0.2) is 20.2 Å². The fourth-order valence-corrected chi connectivity index (χ4v) is 18.4. The van der Waals surface area contributed by atoms with Gasteiger partial charge >= 0.3 is 396 Å². The Kier molecular flexibility index (Phi) is 10.1. The van der Waals surface area contributed by atoms with Gasteiger partial charge in [-0.15, -0.1) is 0 Å². The molecule has 6 aromatic rings. The van der Waals surface area contributed by atoms with E-state index in [0.717, 1.165) is 0 Å². The maximum absolute atomic E-state index is 2.87. The molecule has 0 saturated heterocycles. The molecule has 3 nitrogen and oxygen atoms in total. The third-order valence-electron chi connectivity index (χ3n) is 13.9. The van der Waals surface area contributed by atoms with E-state index in [-0.39, 0.29) is 32.5 Å². The van der Waals surface area contributed by atoms with Gasteiger partial charge in [-0.1, -0.05) is 0 Å². The third-order valence-corrected chi connectivity index (χ3v) is 21.7. The van der Waals surface area contributed by atoms with Gasteiger partial charge in [0.15, 0.2) is 0 Å². The quantitative estimate of drug-likeness (QED) is 0.163. The standard InChI is InChI=1S/C60H72N3.Sb/c1-55(2,3)40-19-25-46(26-20-40)61-49-31-43(58(10,11)12)33-51(37-49)62(47-27-21-41(22-28-47)56(4,5)6)53-35-45(60(16,17)18)36-54(39-53)63(48-29-23-42(24-30-48)57(7,8)9)52-34-44(59(13,14)15)32-50(61)38-52;/h19-36H,1-18H3;. The van der Waals surface area contributed by atoms with Crippen molar-refractivity contribution in [2.75, 3.05) is 14.7 Å². The minimum absolute atomic E-state index is 0.0510. The van der Waals surface area contributed by atoms with Gasteiger partial charge in [0.05, 0.1) is 0 Å². The van der Waals surface area contributed by atoms with Crippen LogP contribution in [0.2, 0.25) is 0 Å². The molecular weight excluding hydrogens is 884 g/mol. The van der Waals surface area contributed by atoms with E-state index in [2.05, 4.69) is 249 Å². The van der Waals surface area contributed by atoms with Crippen molar-refractivity contribution in [3.63, 3.8) is 0 Å². The molecule has 0 bridgehead atoms. The van der Waals surface area contributed by atoms with E-state index in [1.807, 2.05) is 0 Å². The van der Waals surface area contributed by atoms with Gasteiger partial charge in [-0.25, -0.2) is 0 Å².